The first-order chi connectivity index (χ1) is 24.7. The van der Waals surface area contributed by atoms with Crippen LogP contribution in [0.1, 0.15) is 70.3 Å². The summed E-state index contributed by atoms with van der Waals surface area (Å²) in [7, 11) is 2.61. The average Bonchev–Trinajstić information content (AvgIpc) is 3.70. The Morgan fingerprint density at radius 2 is 1.34 bits per heavy atom. The van der Waals surface area contributed by atoms with Crippen molar-refractivity contribution in [2.24, 2.45) is 5.73 Å². The molecule has 292 valence electrons. The standard InChI is InChI=1S/C18H27N3O4.C11H20N2O4.C7H5NO3/c1-18(2,3)25-17(23)21-11-13(9-15(21)16(22)24-4)20-10-12-7-5-6-8-14(12)19;1-11(2,3)17-10(15)13-6-7(12)5-8(13)9(14)16-4;9-5-6-3-1-2-4-7(6)8(10)11/h5-8,13,15,20H,9-11,19H2,1-4H3;7-8H,5-6,12H2,1-4H3;1-5H/t13?,15-;7-,8+;/m01./s1. The Labute approximate surface area is 309 Å². The lowest BCUT2D eigenvalue weighted by Gasteiger charge is -2.27. The van der Waals surface area contributed by atoms with Crippen LogP contribution in [0.4, 0.5) is 21.0 Å². The molecule has 0 bridgehead atoms. The zero-order chi connectivity index (χ0) is 40.1. The number of aldehydes is 1. The van der Waals surface area contributed by atoms with E-state index in [9.17, 15) is 34.1 Å². The highest BCUT2D eigenvalue weighted by molar-refractivity contribution is 5.83. The Bertz CT molecular complexity index is 1590. The first-order valence-electron chi connectivity index (χ1n) is 16.9. The molecule has 2 fully saturated rings. The van der Waals surface area contributed by atoms with Gasteiger partial charge in [0.15, 0.2) is 6.29 Å². The summed E-state index contributed by atoms with van der Waals surface area (Å²) in [5.41, 5.74) is 12.1. The third-order valence-corrected chi connectivity index (χ3v) is 7.73. The number of ether oxygens (including phenoxy) is 4. The summed E-state index contributed by atoms with van der Waals surface area (Å²) in [4.78, 5) is 70.5. The number of hydrogen-bond donors (Lipinski definition) is 3. The van der Waals surface area contributed by atoms with Crippen LogP contribution in [0.15, 0.2) is 48.5 Å². The van der Waals surface area contributed by atoms with E-state index in [4.69, 9.17) is 25.7 Å². The maximum absolute atomic E-state index is 12.4. The van der Waals surface area contributed by atoms with Crippen LogP contribution in [0.25, 0.3) is 0 Å². The molecule has 4 rings (SSSR count). The van der Waals surface area contributed by atoms with Gasteiger partial charge in [-0.3, -0.25) is 24.7 Å². The highest BCUT2D eigenvalue weighted by Crippen LogP contribution is 2.24. The summed E-state index contributed by atoms with van der Waals surface area (Å²) in [5, 5.41) is 13.6. The lowest BCUT2D eigenvalue weighted by atomic mass is 10.1. The molecule has 53 heavy (non-hydrogen) atoms. The first-order valence-corrected chi connectivity index (χ1v) is 16.9. The molecular formula is C36H52N6O11. The van der Waals surface area contributed by atoms with E-state index in [2.05, 4.69) is 10.1 Å². The molecular weight excluding hydrogens is 692 g/mol. The topological polar surface area (TPSA) is 236 Å². The van der Waals surface area contributed by atoms with Crippen molar-refractivity contribution >= 4 is 41.8 Å². The van der Waals surface area contributed by atoms with Crippen LogP contribution >= 0.6 is 0 Å². The third-order valence-electron chi connectivity index (χ3n) is 7.73. The van der Waals surface area contributed by atoms with Gasteiger partial charge in [-0.1, -0.05) is 30.3 Å². The second-order valence-corrected chi connectivity index (χ2v) is 14.3. The molecule has 17 heteroatoms. The second-order valence-electron chi connectivity index (χ2n) is 14.3. The SMILES string of the molecule is COC(=O)[C@@H]1CC(NCc2ccccc2N)CN1C(=O)OC(C)(C)C.COC(=O)[C@@H]1C[C@@H](N)CN1C(=O)OC(C)(C)C.O=Cc1ccccc1[N+](=O)[O-]. The number of nitrogens with zero attached hydrogens (tertiary/aromatic N) is 3. The monoisotopic (exact) mass is 744 g/mol. The number of methoxy groups -OCH3 is 2. The highest BCUT2D eigenvalue weighted by Gasteiger charge is 2.42. The van der Waals surface area contributed by atoms with E-state index >= 15 is 0 Å². The molecule has 4 atom stereocenters. The van der Waals surface area contributed by atoms with Crippen molar-refractivity contribution in [3.8, 4) is 0 Å². The van der Waals surface area contributed by atoms with E-state index < -0.39 is 52.3 Å². The Hall–Kier alpha value is -5.29. The number of carbonyl (C=O) groups is 5. The van der Waals surface area contributed by atoms with Crippen molar-refractivity contribution in [2.45, 2.75) is 96.3 Å². The number of nitro benzene ring substituents is 1. The quantitative estimate of drug-likeness (QED) is 0.0913. The van der Waals surface area contributed by atoms with Gasteiger partial charge in [0.2, 0.25) is 0 Å². The summed E-state index contributed by atoms with van der Waals surface area (Å²) >= 11 is 0. The van der Waals surface area contributed by atoms with E-state index in [-0.39, 0.29) is 23.3 Å². The van der Waals surface area contributed by atoms with Crippen molar-refractivity contribution in [3.63, 3.8) is 0 Å². The van der Waals surface area contributed by atoms with Crippen LogP contribution in [0.2, 0.25) is 0 Å². The third kappa shape index (κ3) is 14.0. The summed E-state index contributed by atoms with van der Waals surface area (Å²) in [6.07, 6.45) is 0.315. The van der Waals surface area contributed by atoms with E-state index in [1.54, 1.807) is 47.6 Å². The number of likely N-dealkylation sites (tertiary alicyclic amines) is 2. The maximum atomic E-state index is 12.4. The maximum Gasteiger partial charge on any atom is 0.411 e. The van der Waals surface area contributed by atoms with Gasteiger partial charge in [-0.25, -0.2) is 19.2 Å². The zero-order valence-electron chi connectivity index (χ0n) is 31.5. The van der Waals surface area contributed by atoms with Gasteiger partial charge in [0.05, 0.1) is 24.7 Å². The summed E-state index contributed by atoms with van der Waals surface area (Å²) in [6, 6.07) is 11.9. The Balaban J connectivity index is 0.000000299. The van der Waals surface area contributed by atoms with Crippen LogP contribution in [-0.2, 0) is 35.1 Å². The summed E-state index contributed by atoms with van der Waals surface area (Å²) in [5.74, 6) is -0.891. The molecule has 2 aromatic carbocycles. The van der Waals surface area contributed by atoms with Crippen LogP contribution in [0.5, 0.6) is 0 Å². The minimum absolute atomic E-state index is 0.0452. The number of anilines is 1. The van der Waals surface area contributed by atoms with Crippen LogP contribution in [-0.4, -0.2) is 108 Å². The summed E-state index contributed by atoms with van der Waals surface area (Å²) in [6.45, 7) is 12.0. The summed E-state index contributed by atoms with van der Waals surface area (Å²) < 4.78 is 20.1. The van der Waals surface area contributed by atoms with Crippen LogP contribution < -0.4 is 16.8 Å². The smallest absolute Gasteiger partial charge is 0.411 e. The molecule has 2 saturated heterocycles. The molecule has 2 amide bonds. The van der Waals surface area contributed by atoms with Crippen molar-refractivity contribution < 1.29 is 47.8 Å². The predicted octanol–water partition coefficient (Wildman–Crippen LogP) is 3.81. The predicted molar refractivity (Wildman–Crippen MR) is 195 cm³/mol. The molecule has 0 aromatic heterocycles. The fourth-order valence-electron chi connectivity index (χ4n) is 5.32. The molecule has 0 saturated carbocycles. The van der Waals surface area contributed by atoms with Crippen molar-refractivity contribution in [1.82, 2.24) is 15.1 Å². The Morgan fingerprint density at radius 3 is 1.81 bits per heavy atom. The van der Waals surface area contributed by atoms with Crippen LogP contribution in [0, 0.1) is 10.1 Å². The van der Waals surface area contributed by atoms with E-state index in [1.807, 2.05) is 24.3 Å². The van der Waals surface area contributed by atoms with Gasteiger partial charge in [0.1, 0.15) is 23.3 Å². The lowest BCUT2D eigenvalue weighted by molar-refractivity contribution is -0.385. The number of para-hydroxylation sites is 2. The number of hydrogen-bond acceptors (Lipinski definition) is 14. The van der Waals surface area contributed by atoms with E-state index in [1.165, 1.54) is 42.2 Å². The highest BCUT2D eigenvalue weighted by atomic mass is 16.6. The molecule has 2 aromatic rings. The average molecular weight is 745 g/mol. The molecule has 5 N–H and O–H groups in total. The zero-order valence-corrected chi connectivity index (χ0v) is 31.5. The molecule has 2 aliphatic rings. The Morgan fingerprint density at radius 1 is 0.849 bits per heavy atom. The Kier molecular flexibility index (Phi) is 16.2. The van der Waals surface area contributed by atoms with Gasteiger partial charge >= 0.3 is 24.1 Å². The normalized spacial score (nSPS) is 19.4. The molecule has 2 aliphatic heterocycles. The van der Waals surface area contributed by atoms with Gasteiger partial charge in [0.25, 0.3) is 5.69 Å². The minimum atomic E-state index is -0.648. The molecule has 0 aliphatic carbocycles. The number of nitrogens with two attached hydrogens (primary N) is 2. The molecule has 2 heterocycles. The second kappa shape index (κ2) is 19.5. The van der Waals surface area contributed by atoms with Crippen molar-refractivity contribution in [1.29, 1.82) is 0 Å². The molecule has 17 nitrogen and oxygen atoms in total. The molecule has 0 radical (unpaired) electrons. The van der Waals surface area contributed by atoms with Gasteiger partial charge < -0.3 is 35.7 Å². The lowest BCUT2D eigenvalue weighted by Crippen LogP contribution is -2.44. The first kappa shape index (κ1) is 43.9. The fourth-order valence-corrected chi connectivity index (χ4v) is 5.32. The minimum Gasteiger partial charge on any atom is -0.467 e. The van der Waals surface area contributed by atoms with Gasteiger partial charge in [-0.05, 0) is 72.1 Å². The van der Waals surface area contributed by atoms with Gasteiger partial charge in [-0.2, -0.15) is 0 Å². The van der Waals surface area contributed by atoms with Crippen LogP contribution in [0.3, 0.4) is 0 Å². The number of rotatable bonds is 7. The number of nitrogen functional groups attached to an aromatic ring is 1. The van der Waals surface area contributed by atoms with E-state index in [0.29, 0.717) is 44.4 Å². The fraction of sp³-hybridized carbons (Fsp3) is 0.528. The molecule has 0 spiro atoms. The number of nitrogens with one attached hydrogen (secondary N) is 1. The van der Waals surface area contributed by atoms with Gasteiger partial charge in [0, 0.05) is 43.5 Å². The van der Waals surface area contributed by atoms with Crippen molar-refractivity contribution in [2.75, 3.05) is 33.0 Å². The molecule has 1 unspecified atom stereocenters. The number of benzene rings is 2. The number of amides is 2. The number of carbonyl (C=O) groups excluding carboxylic acids is 5. The van der Waals surface area contributed by atoms with Gasteiger partial charge in [-0.15, -0.1) is 0 Å². The van der Waals surface area contributed by atoms with E-state index in [0.717, 1.165) is 5.56 Å². The largest absolute Gasteiger partial charge is 0.467 e. The number of esters is 2. The van der Waals surface area contributed by atoms with Crippen molar-refractivity contribution in [3.05, 3.63) is 69.8 Å². The number of nitro groups is 1.